The molecule has 0 aliphatic heterocycles. The summed E-state index contributed by atoms with van der Waals surface area (Å²) in [4.78, 5) is 0. The maximum absolute atomic E-state index is 5.68. The van der Waals surface area contributed by atoms with E-state index in [0.29, 0.717) is 5.88 Å². The van der Waals surface area contributed by atoms with E-state index in [1.807, 2.05) is 24.3 Å². The average Bonchev–Trinajstić information content (AvgIpc) is 2.32. The average molecular weight is 251 g/mol. The van der Waals surface area contributed by atoms with Crippen LogP contribution < -0.4 is 4.74 Å². The van der Waals surface area contributed by atoms with Gasteiger partial charge in [0.15, 0.2) is 0 Å². The van der Waals surface area contributed by atoms with Crippen LogP contribution in [0.1, 0.15) is 32.3 Å². The molecule has 0 unspecified atom stereocenters. The van der Waals surface area contributed by atoms with Gasteiger partial charge in [0.2, 0.25) is 0 Å². The molecule has 0 fully saturated rings. The van der Waals surface area contributed by atoms with Crippen LogP contribution in [0.3, 0.4) is 0 Å². The molecule has 17 heavy (non-hydrogen) atoms. The van der Waals surface area contributed by atoms with E-state index in [-0.39, 0.29) is 0 Å². The van der Waals surface area contributed by atoms with Gasteiger partial charge in [0.25, 0.3) is 0 Å². The maximum Gasteiger partial charge on any atom is 0.120 e. The quantitative estimate of drug-likeness (QED) is 0.435. The van der Waals surface area contributed by atoms with Gasteiger partial charge in [-0.15, -0.1) is 11.6 Å². The standard InChI is InChI=1S/C15H19ClO/c1-13(2)6-5-11-17-15-9-3-7-14(12-15)8-4-10-16/h3,7,9,12-13H,5-6,10-11H2,1-2H3. The van der Waals surface area contributed by atoms with Crippen LogP contribution in [0.25, 0.3) is 0 Å². The number of alkyl halides is 1. The Morgan fingerprint density at radius 1 is 1.35 bits per heavy atom. The van der Waals surface area contributed by atoms with Crippen molar-refractivity contribution >= 4 is 11.6 Å². The van der Waals surface area contributed by atoms with E-state index in [9.17, 15) is 0 Å². The number of halogens is 1. The van der Waals surface area contributed by atoms with Gasteiger partial charge in [-0.25, -0.2) is 0 Å². The normalized spacial score (nSPS) is 9.88. The second kappa shape index (κ2) is 8.03. The summed E-state index contributed by atoms with van der Waals surface area (Å²) in [6.07, 6.45) is 2.29. The lowest BCUT2D eigenvalue weighted by atomic mass is 10.1. The van der Waals surface area contributed by atoms with Crippen LogP contribution in [0.5, 0.6) is 5.75 Å². The van der Waals surface area contributed by atoms with E-state index >= 15 is 0 Å². The van der Waals surface area contributed by atoms with Gasteiger partial charge in [-0.05, 0) is 37.0 Å². The fraction of sp³-hybridized carbons (Fsp3) is 0.467. The topological polar surface area (TPSA) is 9.23 Å². The largest absolute Gasteiger partial charge is 0.494 e. The maximum atomic E-state index is 5.68. The van der Waals surface area contributed by atoms with Crippen molar-refractivity contribution < 1.29 is 4.74 Å². The molecule has 92 valence electrons. The molecular formula is C15H19ClO. The van der Waals surface area contributed by atoms with Crippen molar-refractivity contribution in [2.75, 3.05) is 12.5 Å². The van der Waals surface area contributed by atoms with E-state index in [1.54, 1.807) is 0 Å². The molecule has 0 saturated heterocycles. The van der Waals surface area contributed by atoms with Gasteiger partial charge < -0.3 is 4.74 Å². The Morgan fingerprint density at radius 2 is 2.18 bits per heavy atom. The van der Waals surface area contributed by atoms with Gasteiger partial charge in [0.1, 0.15) is 5.75 Å². The molecule has 0 aliphatic rings. The molecule has 0 heterocycles. The van der Waals surface area contributed by atoms with Gasteiger partial charge in [0.05, 0.1) is 12.5 Å². The Labute approximate surface area is 109 Å². The molecule has 0 aliphatic carbocycles. The van der Waals surface area contributed by atoms with E-state index < -0.39 is 0 Å². The zero-order valence-electron chi connectivity index (χ0n) is 10.5. The lowest BCUT2D eigenvalue weighted by Gasteiger charge is -2.07. The summed E-state index contributed by atoms with van der Waals surface area (Å²) in [5, 5.41) is 0. The Balaban J connectivity index is 2.43. The highest BCUT2D eigenvalue weighted by molar-refractivity contribution is 6.19. The first kappa shape index (κ1) is 13.9. The molecule has 2 heteroatoms. The molecular weight excluding hydrogens is 232 g/mol. The fourth-order valence-corrected chi connectivity index (χ4v) is 1.55. The van der Waals surface area contributed by atoms with Gasteiger partial charge in [0, 0.05) is 5.56 Å². The smallest absolute Gasteiger partial charge is 0.120 e. The minimum Gasteiger partial charge on any atom is -0.494 e. The van der Waals surface area contributed by atoms with Crippen LogP contribution in [0.4, 0.5) is 0 Å². The Hall–Kier alpha value is -1.13. The first-order valence-electron chi connectivity index (χ1n) is 6.00. The molecule has 0 amide bonds. The van der Waals surface area contributed by atoms with Crippen molar-refractivity contribution in [3.63, 3.8) is 0 Å². The summed E-state index contributed by atoms with van der Waals surface area (Å²) >= 11 is 5.52. The Bertz CT molecular complexity index is 387. The first-order valence-corrected chi connectivity index (χ1v) is 6.53. The minimum absolute atomic E-state index is 0.361. The summed E-state index contributed by atoms with van der Waals surface area (Å²) in [5.74, 6) is 7.80. The summed E-state index contributed by atoms with van der Waals surface area (Å²) < 4.78 is 5.68. The second-order valence-corrected chi connectivity index (χ2v) is 4.62. The summed E-state index contributed by atoms with van der Waals surface area (Å²) in [6, 6.07) is 7.83. The SMILES string of the molecule is CC(C)CCCOc1cccc(C#CCCl)c1. The van der Waals surface area contributed by atoms with Crippen LogP contribution in [0.2, 0.25) is 0 Å². The molecule has 0 atom stereocenters. The monoisotopic (exact) mass is 250 g/mol. The third kappa shape index (κ3) is 6.24. The summed E-state index contributed by atoms with van der Waals surface area (Å²) in [6.45, 7) is 5.22. The molecule has 0 bridgehead atoms. The highest BCUT2D eigenvalue weighted by Gasteiger charge is 1.97. The lowest BCUT2D eigenvalue weighted by Crippen LogP contribution is -1.99. The van der Waals surface area contributed by atoms with Crippen molar-refractivity contribution in [1.29, 1.82) is 0 Å². The third-order valence-electron chi connectivity index (χ3n) is 2.33. The molecule has 0 saturated carbocycles. The van der Waals surface area contributed by atoms with Gasteiger partial charge >= 0.3 is 0 Å². The lowest BCUT2D eigenvalue weighted by molar-refractivity contribution is 0.297. The molecule has 0 aromatic heterocycles. The number of hydrogen-bond acceptors (Lipinski definition) is 1. The van der Waals surface area contributed by atoms with Gasteiger partial charge in [-0.1, -0.05) is 31.8 Å². The number of benzene rings is 1. The van der Waals surface area contributed by atoms with Crippen LogP contribution in [0, 0.1) is 17.8 Å². The van der Waals surface area contributed by atoms with Crippen molar-refractivity contribution in [3.8, 4) is 17.6 Å². The van der Waals surface area contributed by atoms with E-state index in [0.717, 1.165) is 30.3 Å². The molecule has 1 nitrogen and oxygen atoms in total. The Kier molecular flexibility index (Phi) is 6.58. The van der Waals surface area contributed by atoms with E-state index in [1.165, 1.54) is 6.42 Å². The van der Waals surface area contributed by atoms with Crippen molar-refractivity contribution in [2.45, 2.75) is 26.7 Å². The molecule has 0 radical (unpaired) electrons. The zero-order chi connectivity index (χ0) is 12.5. The predicted octanol–water partition coefficient (Wildman–Crippen LogP) is 4.09. The van der Waals surface area contributed by atoms with Crippen LogP contribution in [0.15, 0.2) is 24.3 Å². The number of hydrogen-bond donors (Lipinski definition) is 0. The van der Waals surface area contributed by atoms with Crippen LogP contribution in [-0.2, 0) is 0 Å². The van der Waals surface area contributed by atoms with Crippen LogP contribution in [-0.4, -0.2) is 12.5 Å². The minimum atomic E-state index is 0.361. The number of ether oxygens (including phenoxy) is 1. The van der Waals surface area contributed by atoms with Crippen LogP contribution >= 0.6 is 11.6 Å². The third-order valence-corrected chi connectivity index (χ3v) is 2.46. The summed E-state index contributed by atoms with van der Waals surface area (Å²) in [5.41, 5.74) is 0.951. The first-order chi connectivity index (χ1) is 8.22. The molecule has 1 aromatic rings. The molecule has 0 spiro atoms. The Morgan fingerprint density at radius 3 is 2.88 bits per heavy atom. The molecule has 1 rings (SSSR count). The van der Waals surface area contributed by atoms with Crippen molar-refractivity contribution in [2.24, 2.45) is 5.92 Å². The molecule has 0 N–H and O–H groups in total. The van der Waals surface area contributed by atoms with Crippen molar-refractivity contribution in [1.82, 2.24) is 0 Å². The van der Waals surface area contributed by atoms with E-state index in [4.69, 9.17) is 16.3 Å². The molecule has 1 aromatic carbocycles. The van der Waals surface area contributed by atoms with Gasteiger partial charge in [-0.2, -0.15) is 0 Å². The van der Waals surface area contributed by atoms with Gasteiger partial charge in [-0.3, -0.25) is 0 Å². The zero-order valence-corrected chi connectivity index (χ0v) is 11.3. The highest BCUT2D eigenvalue weighted by atomic mass is 35.5. The second-order valence-electron chi connectivity index (χ2n) is 4.35. The van der Waals surface area contributed by atoms with Crippen molar-refractivity contribution in [3.05, 3.63) is 29.8 Å². The predicted molar refractivity (Wildman–Crippen MR) is 73.6 cm³/mol. The highest BCUT2D eigenvalue weighted by Crippen LogP contribution is 2.13. The number of rotatable bonds is 5. The summed E-state index contributed by atoms with van der Waals surface area (Å²) in [7, 11) is 0. The van der Waals surface area contributed by atoms with E-state index in [2.05, 4.69) is 25.7 Å². The fourth-order valence-electron chi connectivity index (χ4n) is 1.48.